The van der Waals surface area contributed by atoms with Gasteiger partial charge in [0.05, 0.1) is 0 Å². The van der Waals surface area contributed by atoms with Crippen molar-refractivity contribution in [1.29, 1.82) is 0 Å². The summed E-state index contributed by atoms with van der Waals surface area (Å²) in [6.07, 6.45) is 2.12. The molecule has 2 rings (SSSR count). The van der Waals surface area contributed by atoms with Gasteiger partial charge in [-0.05, 0) is 29.8 Å². The number of thiophene rings is 1. The van der Waals surface area contributed by atoms with Crippen LogP contribution in [-0.4, -0.2) is 6.26 Å². The molecule has 56 valence electrons. The molecule has 0 bridgehead atoms. The van der Waals surface area contributed by atoms with E-state index in [1.807, 2.05) is 11.8 Å². The van der Waals surface area contributed by atoms with Gasteiger partial charge >= 0.3 is 0 Å². The number of hydrogen-bond acceptors (Lipinski definition) is 2. The van der Waals surface area contributed by atoms with Gasteiger partial charge in [-0.1, -0.05) is 6.07 Å². The Balaban J connectivity index is 2.79. The quantitative estimate of drug-likeness (QED) is 0.604. The van der Waals surface area contributed by atoms with E-state index in [-0.39, 0.29) is 0 Å². The van der Waals surface area contributed by atoms with E-state index in [0.717, 1.165) is 0 Å². The Morgan fingerprint density at radius 1 is 1.27 bits per heavy atom. The lowest BCUT2D eigenvalue weighted by Gasteiger charge is -1.96. The van der Waals surface area contributed by atoms with Crippen LogP contribution in [0.3, 0.4) is 0 Å². The summed E-state index contributed by atoms with van der Waals surface area (Å²) in [5.41, 5.74) is 0. The Morgan fingerprint density at radius 2 is 2.18 bits per heavy atom. The SMILES string of the molecule is CSc1cccc2sccc12. The van der Waals surface area contributed by atoms with Crippen molar-refractivity contribution >= 4 is 33.2 Å². The Labute approximate surface area is 74.2 Å². The zero-order chi connectivity index (χ0) is 7.68. The minimum atomic E-state index is 1.38. The molecule has 0 nitrogen and oxygen atoms in total. The van der Waals surface area contributed by atoms with E-state index in [9.17, 15) is 0 Å². The smallest absolute Gasteiger partial charge is 0.0353 e. The van der Waals surface area contributed by atoms with Gasteiger partial charge < -0.3 is 0 Å². The molecule has 0 atom stereocenters. The lowest BCUT2D eigenvalue weighted by Crippen LogP contribution is -1.68. The Hall–Kier alpha value is -0.470. The number of hydrogen-bond donors (Lipinski definition) is 0. The van der Waals surface area contributed by atoms with Crippen molar-refractivity contribution in [1.82, 2.24) is 0 Å². The van der Waals surface area contributed by atoms with Crippen molar-refractivity contribution in [3.05, 3.63) is 29.6 Å². The van der Waals surface area contributed by atoms with Crippen molar-refractivity contribution in [3.8, 4) is 0 Å². The zero-order valence-corrected chi connectivity index (χ0v) is 7.84. The number of rotatable bonds is 1. The molecule has 0 fully saturated rings. The van der Waals surface area contributed by atoms with E-state index in [1.165, 1.54) is 15.0 Å². The Kier molecular flexibility index (Phi) is 1.88. The number of thioether (sulfide) groups is 1. The van der Waals surface area contributed by atoms with Crippen molar-refractivity contribution in [2.24, 2.45) is 0 Å². The summed E-state index contributed by atoms with van der Waals surface area (Å²) in [5.74, 6) is 0. The molecule has 0 aliphatic rings. The van der Waals surface area contributed by atoms with Crippen LogP contribution in [0.25, 0.3) is 10.1 Å². The summed E-state index contributed by atoms with van der Waals surface area (Å²) in [5, 5.41) is 3.54. The normalized spacial score (nSPS) is 10.6. The summed E-state index contributed by atoms with van der Waals surface area (Å²) in [6, 6.07) is 8.63. The van der Waals surface area contributed by atoms with Crippen molar-refractivity contribution in [3.63, 3.8) is 0 Å². The molecule has 1 heterocycles. The third kappa shape index (κ3) is 1.17. The molecule has 0 saturated heterocycles. The van der Waals surface area contributed by atoms with Gasteiger partial charge in [-0.2, -0.15) is 0 Å². The first-order chi connectivity index (χ1) is 5.42. The molecule has 0 amide bonds. The van der Waals surface area contributed by atoms with E-state index in [1.54, 1.807) is 11.3 Å². The molecule has 0 unspecified atom stereocenters. The fourth-order valence-corrected chi connectivity index (χ4v) is 2.63. The van der Waals surface area contributed by atoms with Crippen molar-refractivity contribution in [2.75, 3.05) is 6.26 Å². The highest BCUT2D eigenvalue weighted by Gasteiger charge is 1.98. The minimum Gasteiger partial charge on any atom is -0.144 e. The number of benzene rings is 1. The van der Waals surface area contributed by atoms with Crippen LogP contribution in [-0.2, 0) is 0 Å². The van der Waals surface area contributed by atoms with Crippen LogP contribution in [0.5, 0.6) is 0 Å². The molecular weight excluding hydrogens is 172 g/mol. The van der Waals surface area contributed by atoms with Crippen LogP contribution < -0.4 is 0 Å². The summed E-state index contributed by atoms with van der Waals surface area (Å²) < 4.78 is 1.39. The molecule has 0 radical (unpaired) electrons. The molecule has 0 N–H and O–H groups in total. The van der Waals surface area contributed by atoms with E-state index < -0.39 is 0 Å². The average molecular weight is 180 g/mol. The van der Waals surface area contributed by atoms with Crippen molar-refractivity contribution in [2.45, 2.75) is 4.90 Å². The second kappa shape index (κ2) is 2.88. The molecule has 2 aromatic rings. The summed E-state index contributed by atoms with van der Waals surface area (Å²) in [4.78, 5) is 1.38. The lowest BCUT2D eigenvalue weighted by molar-refractivity contribution is 1.58. The zero-order valence-electron chi connectivity index (χ0n) is 6.20. The molecule has 0 spiro atoms. The highest BCUT2D eigenvalue weighted by atomic mass is 32.2. The molecule has 2 heteroatoms. The molecular formula is C9H8S2. The lowest BCUT2D eigenvalue weighted by atomic mass is 10.3. The highest BCUT2D eigenvalue weighted by molar-refractivity contribution is 7.98. The molecule has 1 aromatic heterocycles. The third-order valence-electron chi connectivity index (χ3n) is 1.68. The molecule has 0 saturated carbocycles. The highest BCUT2D eigenvalue weighted by Crippen LogP contribution is 2.29. The summed E-state index contributed by atoms with van der Waals surface area (Å²) in [7, 11) is 0. The summed E-state index contributed by atoms with van der Waals surface area (Å²) >= 11 is 3.61. The van der Waals surface area contributed by atoms with E-state index in [2.05, 4.69) is 35.9 Å². The van der Waals surface area contributed by atoms with Crippen LogP contribution >= 0.6 is 23.1 Å². The largest absolute Gasteiger partial charge is 0.144 e. The van der Waals surface area contributed by atoms with Gasteiger partial charge in [-0.15, -0.1) is 23.1 Å². The number of fused-ring (bicyclic) bond motifs is 1. The van der Waals surface area contributed by atoms with Gasteiger partial charge in [-0.25, -0.2) is 0 Å². The second-order valence-electron chi connectivity index (χ2n) is 2.29. The fraction of sp³-hybridized carbons (Fsp3) is 0.111. The Bertz CT molecular complexity index is 362. The van der Waals surface area contributed by atoms with Gasteiger partial charge in [0.15, 0.2) is 0 Å². The van der Waals surface area contributed by atoms with Crippen LogP contribution in [0.2, 0.25) is 0 Å². The predicted molar refractivity (Wildman–Crippen MR) is 53.6 cm³/mol. The van der Waals surface area contributed by atoms with E-state index >= 15 is 0 Å². The first-order valence-electron chi connectivity index (χ1n) is 3.42. The van der Waals surface area contributed by atoms with Gasteiger partial charge in [0, 0.05) is 15.0 Å². The topological polar surface area (TPSA) is 0 Å². The summed E-state index contributed by atoms with van der Waals surface area (Å²) in [6.45, 7) is 0. The standard InChI is InChI=1S/C9H8S2/c1-10-8-3-2-4-9-7(8)5-6-11-9/h2-6H,1H3. The van der Waals surface area contributed by atoms with Crippen LogP contribution in [0.4, 0.5) is 0 Å². The first kappa shape index (κ1) is 7.19. The molecule has 0 aliphatic carbocycles. The van der Waals surface area contributed by atoms with E-state index in [4.69, 9.17) is 0 Å². The van der Waals surface area contributed by atoms with E-state index in [0.29, 0.717) is 0 Å². The molecule has 0 aliphatic heterocycles. The molecule has 11 heavy (non-hydrogen) atoms. The van der Waals surface area contributed by atoms with Crippen LogP contribution in [0, 0.1) is 0 Å². The minimum absolute atomic E-state index is 1.38. The molecule has 1 aromatic carbocycles. The van der Waals surface area contributed by atoms with Gasteiger partial charge in [-0.3, -0.25) is 0 Å². The Morgan fingerprint density at radius 3 is 3.00 bits per heavy atom. The van der Waals surface area contributed by atoms with Gasteiger partial charge in [0.25, 0.3) is 0 Å². The van der Waals surface area contributed by atoms with Gasteiger partial charge in [0.1, 0.15) is 0 Å². The third-order valence-corrected chi connectivity index (χ3v) is 3.35. The average Bonchev–Trinajstić information content (AvgIpc) is 2.50. The van der Waals surface area contributed by atoms with Crippen LogP contribution in [0.15, 0.2) is 34.5 Å². The van der Waals surface area contributed by atoms with Crippen molar-refractivity contribution < 1.29 is 0 Å². The van der Waals surface area contributed by atoms with Gasteiger partial charge in [0.2, 0.25) is 0 Å². The van der Waals surface area contributed by atoms with Crippen LogP contribution in [0.1, 0.15) is 0 Å². The maximum Gasteiger partial charge on any atom is 0.0353 e. The monoisotopic (exact) mass is 180 g/mol. The fourth-order valence-electron chi connectivity index (χ4n) is 1.14. The maximum absolute atomic E-state index is 2.19. The maximum atomic E-state index is 2.19. The predicted octanol–water partition coefficient (Wildman–Crippen LogP) is 3.62. The first-order valence-corrected chi connectivity index (χ1v) is 5.52. The second-order valence-corrected chi connectivity index (χ2v) is 4.09.